The smallest absolute Gasteiger partial charge is 0.317 e. The Kier molecular flexibility index (Phi) is 8.10. The summed E-state index contributed by atoms with van der Waals surface area (Å²) in [6.45, 7) is 7.95. The number of hydrogen-bond acceptors (Lipinski definition) is 4. The molecule has 3 amide bonds. The number of nitrogens with one attached hydrogen (secondary N) is 1. The number of aryl methyl sites for hydroxylation is 1. The fourth-order valence-electron chi connectivity index (χ4n) is 4.76. The van der Waals surface area contributed by atoms with E-state index in [4.69, 9.17) is 4.74 Å². The van der Waals surface area contributed by atoms with Crippen LogP contribution in [0.5, 0.6) is 0 Å². The molecule has 0 saturated carbocycles. The molecule has 1 N–H and O–H groups in total. The van der Waals surface area contributed by atoms with Crippen LogP contribution in [0.25, 0.3) is 0 Å². The minimum absolute atomic E-state index is 0.0307. The molecule has 0 spiro atoms. The Bertz CT molecular complexity index is 847. The first-order valence-corrected chi connectivity index (χ1v) is 11.6. The lowest BCUT2D eigenvalue weighted by Gasteiger charge is -2.40. The summed E-state index contributed by atoms with van der Waals surface area (Å²) in [5, 5.41) is 2.82. The lowest BCUT2D eigenvalue weighted by atomic mass is 9.83. The van der Waals surface area contributed by atoms with Gasteiger partial charge in [0.05, 0.1) is 18.4 Å². The number of piperidine rings is 2. The zero-order valence-corrected chi connectivity index (χ0v) is 19.2. The number of halogens is 1. The van der Waals surface area contributed by atoms with E-state index in [2.05, 4.69) is 5.32 Å². The van der Waals surface area contributed by atoms with Crippen LogP contribution in [0, 0.1) is 24.6 Å². The number of hydrogen-bond donors (Lipinski definition) is 1. The highest BCUT2D eigenvalue weighted by molar-refractivity contribution is 5.82. The topological polar surface area (TPSA) is 79.0 Å². The molecule has 3 atom stereocenters. The molecular formula is C24H34FN3O4. The molecule has 2 aliphatic heterocycles. The van der Waals surface area contributed by atoms with Crippen molar-refractivity contribution in [3.05, 3.63) is 35.1 Å². The van der Waals surface area contributed by atoms with Gasteiger partial charge in [0.15, 0.2) is 0 Å². The third kappa shape index (κ3) is 5.58. The van der Waals surface area contributed by atoms with Gasteiger partial charge in [-0.2, -0.15) is 0 Å². The van der Waals surface area contributed by atoms with E-state index in [0.717, 1.165) is 18.4 Å². The maximum absolute atomic E-state index is 13.8. The fourth-order valence-corrected chi connectivity index (χ4v) is 4.76. The molecule has 2 fully saturated rings. The summed E-state index contributed by atoms with van der Waals surface area (Å²) >= 11 is 0. The molecular weight excluding hydrogens is 413 g/mol. The van der Waals surface area contributed by atoms with Crippen LogP contribution in [0.1, 0.15) is 50.2 Å². The number of carbonyl (C=O) groups is 3. The number of ether oxygens (including phenoxy) is 1. The van der Waals surface area contributed by atoms with Gasteiger partial charge in [-0.1, -0.05) is 12.1 Å². The van der Waals surface area contributed by atoms with E-state index in [-0.39, 0.29) is 41.5 Å². The molecule has 7 nitrogen and oxygen atoms in total. The van der Waals surface area contributed by atoms with Gasteiger partial charge in [0.2, 0.25) is 5.91 Å². The third-order valence-electron chi connectivity index (χ3n) is 6.42. The maximum Gasteiger partial charge on any atom is 0.317 e. The van der Waals surface area contributed by atoms with Gasteiger partial charge in [-0.3, -0.25) is 9.59 Å². The number of nitrogens with zero attached hydrogens (tertiary/aromatic N) is 2. The van der Waals surface area contributed by atoms with Gasteiger partial charge in [-0.25, -0.2) is 9.18 Å². The lowest BCUT2D eigenvalue weighted by molar-refractivity contribution is -0.152. The first-order chi connectivity index (χ1) is 15.3. The molecule has 176 valence electrons. The second-order valence-electron chi connectivity index (χ2n) is 8.75. The lowest BCUT2D eigenvalue weighted by Crippen LogP contribution is -2.53. The fraction of sp³-hybridized carbons (Fsp3) is 0.625. The summed E-state index contributed by atoms with van der Waals surface area (Å²) in [7, 11) is 0. The van der Waals surface area contributed by atoms with Crippen molar-refractivity contribution >= 4 is 17.9 Å². The number of likely N-dealkylation sites (tertiary alicyclic amines) is 2. The molecule has 3 unspecified atom stereocenters. The zero-order valence-electron chi connectivity index (χ0n) is 19.2. The predicted octanol–water partition coefficient (Wildman–Crippen LogP) is 3.07. The van der Waals surface area contributed by atoms with Crippen LogP contribution in [0.15, 0.2) is 18.2 Å². The van der Waals surface area contributed by atoms with Crippen molar-refractivity contribution in [1.82, 2.24) is 15.1 Å². The SMILES string of the molecule is CCNC(=O)N1CC(C(=O)N2CCCC(C(=O)OCC)C2)CC(c2ccc(F)c(C)c2)C1. The van der Waals surface area contributed by atoms with Crippen LogP contribution >= 0.6 is 0 Å². The molecule has 0 bridgehead atoms. The number of amides is 3. The van der Waals surface area contributed by atoms with Gasteiger partial charge in [-0.05, 0) is 57.2 Å². The highest BCUT2D eigenvalue weighted by Crippen LogP contribution is 2.33. The molecule has 0 aromatic heterocycles. The second-order valence-corrected chi connectivity index (χ2v) is 8.75. The average molecular weight is 448 g/mol. The van der Waals surface area contributed by atoms with E-state index in [9.17, 15) is 18.8 Å². The maximum atomic E-state index is 13.8. The number of urea groups is 1. The molecule has 2 heterocycles. The van der Waals surface area contributed by atoms with E-state index in [0.29, 0.717) is 51.3 Å². The molecule has 1 aromatic carbocycles. The number of rotatable bonds is 5. The Hall–Kier alpha value is -2.64. The summed E-state index contributed by atoms with van der Waals surface area (Å²) in [5.74, 6) is -1.29. The monoisotopic (exact) mass is 447 g/mol. The van der Waals surface area contributed by atoms with Crippen LogP contribution in [0.3, 0.4) is 0 Å². The zero-order chi connectivity index (χ0) is 23.3. The van der Waals surface area contributed by atoms with E-state index < -0.39 is 0 Å². The van der Waals surface area contributed by atoms with Gasteiger partial charge >= 0.3 is 12.0 Å². The summed E-state index contributed by atoms with van der Waals surface area (Å²) in [4.78, 5) is 41.7. The Morgan fingerprint density at radius 3 is 2.56 bits per heavy atom. The largest absolute Gasteiger partial charge is 0.466 e. The van der Waals surface area contributed by atoms with Crippen LogP contribution in [0.4, 0.5) is 9.18 Å². The average Bonchev–Trinajstić information content (AvgIpc) is 2.80. The van der Waals surface area contributed by atoms with Gasteiger partial charge in [0, 0.05) is 38.6 Å². The third-order valence-corrected chi connectivity index (χ3v) is 6.42. The molecule has 2 saturated heterocycles. The van der Waals surface area contributed by atoms with Gasteiger partial charge in [-0.15, -0.1) is 0 Å². The first-order valence-electron chi connectivity index (χ1n) is 11.6. The van der Waals surface area contributed by atoms with Gasteiger partial charge < -0.3 is 19.9 Å². The normalized spacial score (nSPS) is 23.6. The summed E-state index contributed by atoms with van der Waals surface area (Å²) in [6.07, 6.45) is 2.05. The quantitative estimate of drug-likeness (QED) is 0.704. The number of carbonyl (C=O) groups excluding carboxylic acids is 3. The van der Waals surface area contributed by atoms with Gasteiger partial charge in [0.25, 0.3) is 0 Å². The number of benzene rings is 1. The second kappa shape index (κ2) is 10.8. The molecule has 1 aromatic rings. The van der Waals surface area contributed by atoms with Crippen molar-refractivity contribution < 1.29 is 23.5 Å². The highest BCUT2D eigenvalue weighted by atomic mass is 19.1. The number of esters is 1. The molecule has 32 heavy (non-hydrogen) atoms. The first kappa shape index (κ1) is 24.0. The Balaban J connectivity index is 1.78. The summed E-state index contributed by atoms with van der Waals surface area (Å²) in [6, 6.07) is 4.80. The van der Waals surface area contributed by atoms with Crippen LogP contribution in [-0.2, 0) is 14.3 Å². The van der Waals surface area contributed by atoms with Crippen molar-refractivity contribution in [1.29, 1.82) is 0 Å². The van der Waals surface area contributed by atoms with E-state index in [1.54, 1.807) is 35.8 Å². The highest BCUT2D eigenvalue weighted by Gasteiger charge is 2.38. The molecule has 0 aliphatic carbocycles. The minimum atomic E-state index is -0.373. The van der Waals surface area contributed by atoms with Crippen molar-refractivity contribution in [2.45, 2.75) is 46.0 Å². The minimum Gasteiger partial charge on any atom is -0.466 e. The Labute approximate surface area is 189 Å². The van der Waals surface area contributed by atoms with E-state index in [1.165, 1.54) is 6.07 Å². The van der Waals surface area contributed by atoms with Gasteiger partial charge in [0.1, 0.15) is 5.82 Å². The molecule has 2 aliphatic rings. The van der Waals surface area contributed by atoms with Crippen molar-refractivity contribution in [2.24, 2.45) is 11.8 Å². The summed E-state index contributed by atoms with van der Waals surface area (Å²) < 4.78 is 19.0. The Morgan fingerprint density at radius 1 is 1.12 bits per heavy atom. The predicted molar refractivity (Wildman–Crippen MR) is 119 cm³/mol. The van der Waals surface area contributed by atoms with Crippen molar-refractivity contribution in [3.8, 4) is 0 Å². The molecule has 0 radical (unpaired) electrons. The Morgan fingerprint density at radius 2 is 1.88 bits per heavy atom. The van der Waals surface area contributed by atoms with Crippen molar-refractivity contribution in [2.75, 3.05) is 39.3 Å². The van der Waals surface area contributed by atoms with E-state index in [1.807, 2.05) is 6.92 Å². The molecule has 8 heteroatoms. The van der Waals surface area contributed by atoms with Crippen LogP contribution < -0.4 is 5.32 Å². The standard InChI is InChI=1S/C24H34FN3O4/c1-4-26-24(31)28-14-19(17-8-9-21(25)16(3)11-17)12-20(15-28)22(29)27-10-6-7-18(13-27)23(30)32-5-2/h8-9,11,18-20H,4-7,10,12-15H2,1-3H3,(H,26,31). The van der Waals surface area contributed by atoms with Crippen molar-refractivity contribution in [3.63, 3.8) is 0 Å². The van der Waals surface area contributed by atoms with Crippen LogP contribution in [0.2, 0.25) is 0 Å². The van der Waals surface area contributed by atoms with Crippen LogP contribution in [-0.4, -0.2) is 67.0 Å². The summed E-state index contributed by atoms with van der Waals surface area (Å²) in [5.41, 5.74) is 1.48. The van der Waals surface area contributed by atoms with E-state index >= 15 is 0 Å². The molecule has 3 rings (SSSR count).